The fourth-order valence-corrected chi connectivity index (χ4v) is 3.78. The molecule has 7 nitrogen and oxygen atoms in total. The second-order valence-corrected chi connectivity index (χ2v) is 13.8. The summed E-state index contributed by atoms with van der Waals surface area (Å²) in [5, 5.41) is 2.58. The van der Waals surface area contributed by atoms with Gasteiger partial charge in [0.2, 0.25) is 0 Å². The van der Waals surface area contributed by atoms with Gasteiger partial charge in [0.15, 0.2) is 14.5 Å². The number of anilines is 1. The number of hydrogen-bond donors (Lipinski definition) is 1. The average molecular weight is 446 g/mol. The van der Waals surface area contributed by atoms with E-state index in [-0.39, 0.29) is 17.5 Å². The molecule has 0 saturated carbocycles. The number of ether oxygens (including phenoxy) is 1. The first kappa shape index (κ1) is 23.0. The van der Waals surface area contributed by atoms with Crippen LogP contribution in [0.5, 0.6) is 0 Å². The molecular weight excluding hydrogens is 417 g/mol. The Morgan fingerprint density at radius 1 is 1.26 bits per heavy atom. The normalized spacial score (nSPS) is 19.2. The number of rotatable bonds is 6. The largest absolute Gasteiger partial charge is 0.414 e. The fraction of sp³-hybridized carbons (Fsp3) is 0.409. The zero-order valence-electron chi connectivity index (χ0n) is 18.4. The molecule has 2 heterocycles. The summed E-state index contributed by atoms with van der Waals surface area (Å²) < 4.78 is 27.4. The lowest BCUT2D eigenvalue weighted by Crippen LogP contribution is -2.42. The molecule has 1 aliphatic rings. The minimum atomic E-state index is -2.01. The molecule has 0 unspecified atom stereocenters. The van der Waals surface area contributed by atoms with Crippen molar-refractivity contribution in [1.82, 2.24) is 9.55 Å². The van der Waals surface area contributed by atoms with Gasteiger partial charge < -0.3 is 14.5 Å². The summed E-state index contributed by atoms with van der Waals surface area (Å²) in [4.78, 5) is 28.5. The van der Waals surface area contributed by atoms with Gasteiger partial charge in [0, 0.05) is 11.8 Å². The Kier molecular flexibility index (Phi) is 6.58. The molecule has 1 amide bonds. The predicted octanol–water partition coefficient (Wildman–Crippen LogP) is 4.27. The number of halogens is 1. The lowest BCUT2D eigenvalue weighted by Gasteiger charge is -2.36. The molecule has 2 aromatic rings. The van der Waals surface area contributed by atoms with Crippen molar-refractivity contribution in [1.29, 1.82) is 0 Å². The molecule has 9 heteroatoms. The van der Waals surface area contributed by atoms with Crippen LogP contribution in [0.25, 0.3) is 0 Å². The van der Waals surface area contributed by atoms with Crippen LogP contribution in [0.4, 0.5) is 10.2 Å². The lowest BCUT2D eigenvalue weighted by molar-refractivity contribution is -0.0191. The first-order valence-electron chi connectivity index (χ1n) is 10.1. The van der Waals surface area contributed by atoms with Gasteiger partial charge in [-0.2, -0.15) is 4.98 Å². The summed E-state index contributed by atoms with van der Waals surface area (Å²) in [6.45, 7) is 10.8. The van der Waals surface area contributed by atoms with Crippen LogP contribution in [0.2, 0.25) is 18.1 Å². The second kappa shape index (κ2) is 8.86. The number of carbonyl (C=O) groups excluding carboxylic acids is 1. The molecule has 0 aliphatic carbocycles. The lowest BCUT2D eigenvalue weighted by atomic mass is 10.2. The molecule has 31 heavy (non-hydrogen) atoms. The van der Waals surface area contributed by atoms with E-state index in [2.05, 4.69) is 44.2 Å². The third-order valence-corrected chi connectivity index (χ3v) is 10.2. The number of benzene rings is 1. The Bertz CT molecular complexity index is 1030. The minimum absolute atomic E-state index is 0.0220. The molecule has 0 saturated heterocycles. The third kappa shape index (κ3) is 5.36. The average Bonchev–Trinajstić information content (AvgIpc) is 3.07. The highest BCUT2D eigenvalue weighted by atomic mass is 28.4. The summed E-state index contributed by atoms with van der Waals surface area (Å²) in [7, 11) is -2.01. The molecule has 1 aromatic heterocycles. The van der Waals surface area contributed by atoms with Crippen molar-refractivity contribution in [2.24, 2.45) is 0 Å². The van der Waals surface area contributed by atoms with Crippen LogP contribution < -0.4 is 11.0 Å². The molecular formula is C22H28FN3O4Si. The minimum Gasteiger partial charge on any atom is -0.414 e. The number of aromatic nitrogens is 2. The van der Waals surface area contributed by atoms with Gasteiger partial charge in [-0.1, -0.05) is 39.0 Å². The van der Waals surface area contributed by atoms with Gasteiger partial charge in [0.1, 0.15) is 17.7 Å². The molecule has 1 aromatic carbocycles. The van der Waals surface area contributed by atoms with Crippen LogP contribution in [-0.4, -0.2) is 36.5 Å². The van der Waals surface area contributed by atoms with Gasteiger partial charge in [-0.05, 0) is 42.4 Å². The summed E-state index contributed by atoms with van der Waals surface area (Å²) in [5.74, 6) is -0.889. The van der Waals surface area contributed by atoms with Gasteiger partial charge in [-0.25, -0.2) is 9.18 Å². The summed E-state index contributed by atoms with van der Waals surface area (Å²) in [6.07, 6.45) is 0.885. The first-order valence-corrected chi connectivity index (χ1v) is 13.0. The highest BCUT2D eigenvalue weighted by Crippen LogP contribution is 2.37. The maximum Gasteiger partial charge on any atom is 0.351 e. The Morgan fingerprint density at radius 3 is 2.55 bits per heavy atom. The molecule has 1 aliphatic heterocycles. The van der Waals surface area contributed by atoms with Crippen LogP contribution >= 0.6 is 0 Å². The molecule has 166 valence electrons. The molecule has 0 radical (unpaired) electrons. The molecule has 2 atom stereocenters. The van der Waals surface area contributed by atoms with E-state index in [9.17, 15) is 14.0 Å². The van der Waals surface area contributed by atoms with Crippen molar-refractivity contribution in [2.75, 3.05) is 11.9 Å². The van der Waals surface area contributed by atoms with Crippen LogP contribution in [0, 0.1) is 0 Å². The Hall–Kier alpha value is -2.62. The van der Waals surface area contributed by atoms with Gasteiger partial charge in [-0.15, -0.1) is 0 Å². The van der Waals surface area contributed by atoms with Gasteiger partial charge in [-0.3, -0.25) is 9.36 Å². The summed E-state index contributed by atoms with van der Waals surface area (Å²) in [6, 6.07) is 9.99. The van der Waals surface area contributed by atoms with E-state index in [1.807, 2.05) is 0 Å². The van der Waals surface area contributed by atoms with E-state index in [0.29, 0.717) is 5.56 Å². The maximum absolute atomic E-state index is 14.5. The van der Waals surface area contributed by atoms with E-state index < -0.39 is 38.1 Å². The number of carbonyl (C=O) groups is 1. The SMILES string of the molecule is CC(C)(C)[Si](C)(C)OC[C@H]1C=C(F)[C@H](n2ccc(NC(=O)c3ccccc3)nc2=O)O1. The van der Waals surface area contributed by atoms with E-state index >= 15 is 0 Å². The van der Waals surface area contributed by atoms with Crippen molar-refractivity contribution < 1.29 is 18.3 Å². The molecule has 0 bridgehead atoms. The van der Waals surface area contributed by atoms with E-state index in [1.54, 1.807) is 30.3 Å². The molecule has 1 N–H and O–H groups in total. The van der Waals surface area contributed by atoms with Crippen LogP contribution in [0.15, 0.2) is 59.3 Å². The number of nitrogens with zero attached hydrogens (tertiary/aromatic N) is 2. The van der Waals surface area contributed by atoms with Crippen molar-refractivity contribution in [2.45, 2.75) is 51.2 Å². The van der Waals surface area contributed by atoms with Crippen LogP contribution in [0.1, 0.15) is 37.4 Å². The van der Waals surface area contributed by atoms with Crippen molar-refractivity contribution in [3.05, 3.63) is 70.5 Å². The molecule has 3 rings (SSSR count). The molecule has 0 spiro atoms. The van der Waals surface area contributed by atoms with E-state index in [4.69, 9.17) is 9.16 Å². The fourth-order valence-electron chi connectivity index (χ4n) is 2.76. The van der Waals surface area contributed by atoms with Crippen molar-refractivity contribution in [3.8, 4) is 0 Å². The highest BCUT2D eigenvalue weighted by molar-refractivity contribution is 6.74. The number of nitrogens with one attached hydrogen (secondary N) is 1. The quantitative estimate of drug-likeness (QED) is 0.672. The summed E-state index contributed by atoms with van der Waals surface area (Å²) >= 11 is 0. The zero-order chi connectivity index (χ0) is 22.8. The second-order valence-electron chi connectivity index (χ2n) is 8.97. The van der Waals surface area contributed by atoms with Crippen molar-refractivity contribution in [3.63, 3.8) is 0 Å². The van der Waals surface area contributed by atoms with Crippen LogP contribution in [-0.2, 0) is 9.16 Å². The Balaban J connectivity index is 1.66. The monoisotopic (exact) mass is 445 g/mol. The zero-order valence-corrected chi connectivity index (χ0v) is 19.4. The Labute approximate surface area is 182 Å². The highest BCUT2D eigenvalue weighted by Gasteiger charge is 2.39. The molecule has 0 fully saturated rings. The standard InChI is InChI=1S/C22H28FN3O4Si/c1-22(2,3)31(4,5)29-14-16-13-17(23)20(30-16)26-12-11-18(25-21(26)28)24-19(27)15-9-7-6-8-10-15/h6-13,16,20H,14H2,1-5H3,(H,24,25,27,28)/t16-,20-/m1/s1. The smallest absolute Gasteiger partial charge is 0.351 e. The van der Waals surface area contributed by atoms with Crippen molar-refractivity contribution >= 4 is 20.0 Å². The van der Waals surface area contributed by atoms with Gasteiger partial charge >= 0.3 is 5.69 Å². The van der Waals surface area contributed by atoms with Gasteiger partial charge in [0.05, 0.1) is 6.61 Å². The van der Waals surface area contributed by atoms with Crippen LogP contribution in [0.3, 0.4) is 0 Å². The maximum atomic E-state index is 14.5. The number of hydrogen-bond acceptors (Lipinski definition) is 5. The van der Waals surface area contributed by atoms with Gasteiger partial charge in [0.25, 0.3) is 5.91 Å². The summed E-state index contributed by atoms with van der Waals surface area (Å²) in [5.41, 5.74) is -0.295. The first-order chi connectivity index (χ1) is 14.5. The third-order valence-electron chi connectivity index (χ3n) is 5.66. The Morgan fingerprint density at radius 2 is 1.94 bits per heavy atom. The van der Waals surface area contributed by atoms with E-state index in [0.717, 1.165) is 4.57 Å². The topological polar surface area (TPSA) is 82.5 Å². The number of amides is 1. The van der Waals surface area contributed by atoms with E-state index in [1.165, 1.54) is 18.3 Å². The predicted molar refractivity (Wildman–Crippen MR) is 119 cm³/mol.